The van der Waals surface area contributed by atoms with E-state index in [2.05, 4.69) is 4.98 Å². The van der Waals surface area contributed by atoms with Gasteiger partial charge in [-0.2, -0.15) is 0 Å². The van der Waals surface area contributed by atoms with Gasteiger partial charge in [0.2, 0.25) is 0 Å². The van der Waals surface area contributed by atoms with Crippen LogP contribution in [0.1, 0.15) is 5.56 Å². The number of halogens is 1. The molecule has 0 radical (unpaired) electrons. The fraction of sp³-hybridized carbons (Fsp3) is 0.0714. The molecule has 1 atom stereocenters. The summed E-state index contributed by atoms with van der Waals surface area (Å²) >= 11 is 0. The summed E-state index contributed by atoms with van der Waals surface area (Å²) in [6.45, 7) is 0. The number of nitrogens with two attached hydrogens (primary N) is 1. The molecular formula is C14H11FN2O2S. The summed E-state index contributed by atoms with van der Waals surface area (Å²) in [6.07, 6.45) is 0. The number of benzene rings is 2. The minimum atomic E-state index is -1.47. The molecule has 4 nitrogen and oxygen atoms in total. The van der Waals surface area contributed by atoms with E-state index in [0.29, 0.717) is 22.4 Å². The predicted octanol–water partition coefficient (Wildman–Crippen LogP) is 2.86. The van der Waals surface area contributed by atoms with Crippen molar-refractivity contribution in [2.24, 2.45) is 0 Å². The molecular weight excluding hydrogens is 279 g/mol. The second-order valence-corrected chi connectivity index (χ2v) is 5.66. The van der Waals surface area contributed by atoms with Gasteiger partial charge in [0.15, 0.2) is 5.58 Å². The van der Waals surface area contributed by atoms with Crippen LogP contribution in [0.4, 0.5) is 10.1 Å². The average Bonchev–Trinajstić information content (AvgIpc) is 2.81. The van der Waals surface area contributed by atoms with Crippen LogP contribution in [-0.4, -0.2) is 9.19 Å². The number of hydrogen-bond acceptors (Lipinski definition) is 4. The third-order valence-corrected chi connectivity index (χ3v) is 3.93. The summed E-state index contributed by atoms with van der Waals surface area (Å²) in [4.78, 5) is 4.16. The molecule has 0 bridgehead atoms. The van der Waals surface area contributed by atoms with Gasteiger partial charge in [0.1, 0.15) is 22.1 Å². The van der Waals surface area contributed by atoms with Gasteiger partial charge in [-0.1, -0.05) is 12.1 Å². The zero-order valence-corrected chi connectivity index (χ0v) is 11.2. The van der Waals surface area contributed by atoms with Crippen LogP contribution < -0.4 is 5.73 Å². The molecule has 6 heteroatoms. The van der Waals surface area contributed by atoms with Crippen molar-refractivity contribution in [2.45, 2.75) is 11.0 Å². The Kier molecular flexibility index (Phi) is 3.23. The SMILES string of the molecule is Nc1ccc2nc(S(=O)Cc3cccc(F)c3)oc2c1. The summed E-state index contributed by atoms with van der Waals surface area (Å²) in [7, 11) is -1.47. The number of rotatable bonds is 3. The Labute approximate surface area is 116 Å². The monoisotopic (exact) mass is 290 g/mol. The Hall–Kier alpha value is -2.21. The first-order valence-corrected chi connectivity index (χ1v) is 7.22. The van der Waals surface area contributed by atoms with E-state index in [-0.39, 0.29) is 16.8 Å². The second kappa shape index (κ2) is 5.05. The van der Waals surface area contributed by atoms with E-state index in [4.69, 9.17) is 10.2 Å². The lowest BCUT2D eigenvalue weighted by molar-refractivity contribution is 0.477. The van der Waals surface area contributed by atoms with E-state index in [1.165, 1.54) is 12.1 Å². The van der Waals surface area contributed by atoms with Crippen molar-refractivity contribution < 1.29 is 13.0 Å². The molecule has 3 rings (SSSR count). The summed E-state index contributed by atoms with van der Waals surface area (Å²) in [6, 6.07) is 11.0. The van der Waals surface area contributed by atoms with Crippen molar-refractivity contribution >= 4 is 27.6 Å². The normalized spacial score (nSPS) is 12.7. The van der Waals surface area contributed by atoms with Crippen LogP contribution in [0.25, 0.3) is 11.1 Å². The molecule has 0 saturated carbocycles. The van der Waals surface area contributed by atoms with E-state index < -0.39 is 10.8 Å². The quantitative estimate of drug-likeness (QED) is 0.753. The number of nitrogen functional groups attached to an aromatic ring is 1. The zero-order chi connectivity index (χ0) is 14.1. The van der Waals surface area contributed by atoms with Crippen molar-refractivity contribution in [1.82, 2.24) is 4.98 Å². The van der Waals surface area contributed by atoms with Gasteiger partial charge in [0, 0.05) is 11.8 Å². The highest BCUT2D eigenvalue weighted by Crippen LogP contribution is 2.21. The van der Waals surface area contributed by atoms with E-state index in [1.54, 1.807) is 30.3 Å². The average molecular weight is 290 g/mol. The molecule has 0 aliphatic rings. The molecule has 2 aromatic carbocycles. The number of aromatic nitrogens is 1. The van der Waals surface area contributed by atoms with Crippen LogP contribution in [0.15, 0.2) is 52.1 Å². The Morgan fingerprint density at radius 1 is 1.25 bits per heavy atom. The van der Waals surface area contributed by atoms with Gasteiger partial charge in [-0.3, -0.25) is 0 Å². The Morgan fingerprint density at radius 3 is 2.90 bits per heavy atom. The van der Waals surface area contributed by atoms with Gasteiger partial charge in [0.05, 0.1) is 5.75 Å². The maximum atomic E-state index is 13.1. The van der Waals surface area contributed by atoms with Crippen molar-refractivity contribution in [3.05, 3.63) is 53.8 Å². The number of nitrogens with zero attached hydrogens (tertiary/aromatic N) is 1. The fourth-order valence-corrected chi connectivity index (χ4v) is 2.85. The van der Waals surface area contributed by atoms with Crippen molar-refractivity contribution in [3.8, 4) is 0 Å². The molecule has 0 amide bonds. The minimum Gasteiger partial charge on any atom is -0.430 e. The molecule has 0 spiro atoms. The zero-order valence-electron chi connectivity index (χ0n) is 10.4. The van der Waals surface area contributed by atoms with Crippen LogP contribution >= 0.6 is 0 Å². The smallest absolute Gasteiger partial charge is 0.288 e. The molecule has 0 aliphatic carbocycles. The Balaban J connectivity index is 1.88. The first-order chi connectivity index (χ1) is 9.61. The van der Waals surface area contributed by atoms with Crippen molar-refractivity contribution in [2.75, 3.05) is 5.73 Å². The van der Waals surface area contributed by atoms with Crippen LogP contribution in [0.5, 0.6) is 0 Å². The van der Waals surface area contributed by atoms with Crippen LogP contribution in [0, 0.1) is 5.82 Å². The maximum absolute atomic E-state index is 13.1. The molecule has 1 aromatic heterocycles. The molecule has 3 aromatic rings. The fourth-order valence-electron chi connectivity index (χ4n) is 1.86. The third kappa shape index (κ3) is 2.55. The highest BCUT2D eigenvalue weighted by Gasteiger charge is 2.14. The van der Waals surface area contributed by atoms with E-state index in [1.807, 2.05) is 0 Å². The lowest BCUT2D eigenvalue weighted by Gasteiger charge is -1.98. The molecule has 0 fully saturated rings. The Morgan fingerprint density at radius 2 is 2.10 bits per heavy atom. The van der Waals surface area contributed by atoms with E-state index in [0.717, 1.165) is 0 Å². The molecule has 1 unspecified atom stereocenters. The third-order valence-electron chi connectivity index (χ3n) is 2.77. The van der Waals surface area contributed by atoms with Crippen LogP contribution in [0.3, 0.4) is 0 Å². The summed E-state index contributed by atoms with van der Waals surface area (Å²) < 4.78 is 30.7. The largest absolute Gasteiger partial charge is 0.430 e. The van der Waals surface area contributed by atoms with Gasteiger partial charge in [-0.05, 0) is 29.8 Å². The molecule has 0 aliphatic heterocycles. The lowest BCUT2D eigenvalue weighted by Crippen LogP contribution is -1.97. The predicted molar refractivity (Wildman–Crippen MR) is 74.9 cm³/mol. The van der Waals surface area contributed by atoms with Gasteiger partial charge in [-0.25, -0.2) is 13.6 Å². The van der Waals surface area contributed by atoms with E-state index >= 15 is 0 Å². The highest BCUT2D eigenvalue weighted by molar-refractivity contribution is 7.84. The minimum absolute atomic E-state index is 0.120. The van der Waals surface area contributed by atoms with Crippen molar-refractivity contribution in [3.63, 3.8) is 0 Å². The van der Waals surface area contributed by atoms with Gasteiger partial charge >= 0.3 is 0 Å². The standard InChI is InChI=1S/C14H11FN2O2S/c15-10-3-1-2-9(6-10)8-20(18)14-17-12-5-4-11(16)7-13(12)19-14/h1-7H,8,16H2. The molecule has 102 valence electrons. The maximum Gasteiger partial charge on any atom is 0.288 e. The summed E-state index contributed by atoms with van der Waals surface area (Å²) in [5, 5.41) is 0.120. The number of fused-ring (bicyclic) bond motifs is 1. The number of oxazole rings is 1. The van der Waals surface area contributed by atoms with Gasteiger partial charge in [-0.15, -0.1) is 0 Å². The Bertz CT molecular complexity index is 801. The van der Waals surface area contributed by atoms with Gasteiger partial charge < -0.3 is 10.2 Å². The lowest BCUT2D eigenvalue weighted by atomic mass is 10.2. The number of anilines is 1. The highest BCUT2D eigenvalue weighted by atomic mass is 32.2. The first kappa shape index (κ1) is 12.8. The van der Waals surface area contributed by atoms with Gasteiger partial charge in [0.25, 0.3) is 5.22 Å². The van der Waals surface area contributed by atoms with Crippen LogP contribution in [0.2, 0.25) is 0 Å². The summed E-state index contributed by atoms with van der Waals surface area (Å²) in [5.41, 5.74) is 7.92. The first-order valence-electron chi connectivity index (χ1n) is 5.91. The number of hydrogen-bond donors (Lipinski definition) is 1. The molecule has 1 heterocycles. The molecule has 2 N–H and O–H groups in total. The molecule has 20 heavy (non-hydrogen) atoms. The van der Waals surface area contributed by atoms with Crippen molar-refractivity contribution in [1.29, 1.82) is 0 Å². The second-order valence-electron chi connectivity index (χ2n) is 4.33. The van der Waals surface area contributed by atoms with Crippen LogP contribution in [-0.2, 0) is 16.6 Å². The molecule has 0 saturated heterocycles. The van der Waals surface area contributed by atoms with E-state index in [9.17, 15) is 8.60 Å². The topological polar surface area (TPSA) is 69.1 Å². The summed E-state index contributed by atoms with van der Waals surface area (Å²) in [5.74, 6) is -0.204.